The summed E-state index contributed by atoms with van der Waals surface area (Å²) in [5, 5.41) is 0.580. The summed E-state index contributed by atoms with van der Waals surface area (Å²) in [6.45, 7) is 2.60. The van der Waals surface area contributed by atoms with Crippen molar-refractivity contribution < 1.29 is 18.7 Å². The van der Waals surface area contributed by atoms with Crippen LogP contribution in [0.4, 0.5) is 10.1 Å². The molecule has 0 N–H and O–H groups in total. The molecule has 4 rings (SSSR count). The van der Waals surface area contributed by atoms with Gasteiger partial charge in [-0.25, -0.2) is 9.38 Å². The van der Waals surface area contributed by atoms with Gasteiger partial charge in [-0.15, -0.1) is 0 Å². The second-order valence-corrected chi connectivity index (χ2v) is 6.65. The van der Waals surface area contributed by atoms with Crippen molar-refractivity contribution in [2.75, 3.05) is 13.3 Å². The van der Waals surface area contributed by atoms with Crippen LogP contribution in [0, 0.1) is 5.82 Å². The van der Waals surface area contributed by atoms with Crippen molar-refractivity contribution >= 4 is 34.6 Å². The number of hydrogen-bond donors (Lipinski definition) is 0. The van der Waals surface area contributed by atoms with Crippen molar-refractivity contribution in [2.24, 2.45) is 4.99 Å². The van der Waals surface area contributed by atoms with Gasteiger partial charge in [0.2, 0.25) is 6.79 Å². The minimum Gasteiger partial charge on any atom is -0.454 e. The Morgan fingerprint density at radius 1 is 1.19 bits per heavy atom. The van der Waals surface area contributed by atoms with Gasteiger partial charge in [0, 0.05) is 6.54 Å². The van der Waals surface area contributed by atoms with Gasteiger partial charge < -0.3 is 9.47 Å². The smallest absolute Gasteiger partial charge is 0.266 e. The Morgan fingerprint density at radius 3 is 2.73 bits per heavy atom. The lowest BCUT2D eigenvalue weighted by molar-refractivity contribution is -0.122. The maximum absolute atomic E-state index is 13.1. The highest BCUT2D eigenvalue weighted by molar-refractivity contribution is 8.18. The van der Waals surface area contributed by atoms with Crippen LogP contribution >= 0.6 is 11.8 Å². The second-order valence-electron chi connectivity index (χ2n) is 5.64. The highest BCUT2D eigenvalue weighted by Crippen LogP contribution is 2.37. The number of benzene rings is 2. The van der Waals surface area contributed by atoms with Crippen molar-refractivity contribution in [3.8, 4) is 11.5 Å². The maximum Gasteiger partial charge on any atom is 0.266 e. The third-order valence-electron chi connectivity index (χ3n) is 3.95. The third kappa shape index (κ3) is 3.17. The molecular weight excluding hydrogens is 355 g/mol. The van der Waals surface area contributed by atoms with Gasteiger partial charge in [-0.05, 0) is 66.7 Å². The number of halogens is 1. The van der Waals surface area contributed by atoms with E-state index < -0.39 is 0 Å². The van der Waals surface area contributed by atoms with Crippen LogP contribution in [0.15, 0.2) is 52.4 Å². The number of hydrogen-bond acceptors (Lipinski definition) is 5. The molecule has 1 amide bonds. The molecule has 26 heavy (non-hydrogen) atoms. The van der Waals surface area contributed by atoms with Crippen LogP contribution in [-0.2, 0) is 4.79 Å². The van der Waals surface area contributed by atoms with E-state index >= 15 is 0 Å². The van der Waals surface area contributed by atoms with Gasteiger partial charge in [-0.1, -0.05) is 6.07 Å². The molecule has 0 atom stereocenters. The number of rotatable bonds is 3. The van der Waals surface area contributed by atoms with Gasteiger partial charge in [0.15, 0.2) is 16.7 Å². The van der Waals surface area contributed by atoms with Crippen LogP contribution in [0.1, 0.15) is 12.5 Å². The summed E-state index contributed by atoms with van der Waals surface area (Å²) in [5.41, 5.74) is 1.45. The summed E-state index contributed by atoms with van der Waals surface area (Å²) in [6.07, 6.45) is 1.81. The van der Waals surface area contributed by atoms with Crippen molar-refractivity contribution in [3.63, 3.8) is 0 Å². The number of carbonyl (C=O) groups excluding carboxylic acids is 1. The Hall–Kier alpha value is -2.80. The lowest BCUT2D eigenvalue weighted by Crippen LogP contribution is -2.28. The molecular formula is C19H15FN2O3S. The molecule has 0 saturated carbocycles. The molecule has 0 radical (unpaired) electrons. The zero-order valence-corrected chi connectivity index (χ0v) is 14.8. The van der Waals surface area contributed by atoms with E-state index in [1.807, 2.05) is 31.2 Å². The number of aliphatic imine (C=N–C) groups is 1. The molecule has 2 aliphatic heterocycles. The van der Waals surface area contributed by atoms with E-state index in [9.17, 15) is 9.18 Å². The van der Waals surface area contributed by atoms with Crippen LogP contribution in [0.25, 0.3) is 6.08 Å². The molecule has 0 spiro atoms. The van der Waals surface area contributed by atoms with E-state index in [0.29, 0.717) is 33.8 Å². The average molecular weight is 370 g/mol. The largest absolute Gasteiger partial charge is 0.454 e. The van der Waals surface area contributed by atoms with E-state index in [2.05, 4.69) is 4.99 Å². The molecule has 0 aliphatic carbocycles. The summed E-state index contributed by atoms with van der Waals surface area (Å²) in [6, 6.07) is 11.4. The summed E-state index contributed by atoms with van der Waals surface area (Å²) in [5.74, 6) is 0.949. The molecule has 0 bridgehead atoms. The number of likely N-dealkylation sites (N-methyl/N-ethyl adjacent to an activating group) is 1. The number of carbonyl (C=O) groups is 1. The number of thioether (sulfide) groups is 1. The molecule has 2 aromatic carbocycles. The fourth-order valence-corrected chi connectivity index (χ4v) is 3.71. The molecule has 2 aliphatic rings. The Morgan fingerprint density at radius 2 is 1.96 bits per heavy atom. The zero-order valence-electron chi connectivity index (χ0n) is 13.9. The third-order valence-corrected chi connectivity index (χ3v) is 4.96. The van der Waals surface area contributed by atoms with Crippen molar-refractivity contribution in [1.82, 2.24) is 4.90 Å². The lowest BCUT2D eigenvalue weighted by Gasteiger charge is -2.11. The number of fused-ring (bicyclic) bond motifs is 1. The maximum atomic E-state index is 13.1. The predicted octanol–water partition coefficient (Wildman–Crippen LogP) is 4.18. The standard InChI is InChI=1S/C19H15FN2O3S/c1-2-22-18(23)17(10-12-3-8-15-16(9-12)25-11-24-15)26-19(22)21-14-6-4-13(20)5-7-14/h3-10H,2,11H2,1H3/b17-10+,21-19?. The topological polar surface area (TPSA) is 51.1 Å². The van der Waals surface area contributed by atoms with E-state index in [1.165, 1.54) is 23.9 Å². The lowest BCUT2D eigenvalue weighted by atomic mass is 10.2. The van der Waals surface area contributed by atoms with Gasteiger partial charge in [0.25, 0.3) is 5.91 Å². The predicted molar refractivity (Wildman–Crippen MR) is 99.0 cm³/mol. The quantitative estimate of drug-likeness (QED) is 0.761. The summed E-state index contributed by atoms with van der Waals surface area (Å²) in [4.78, 5) is 19.3. The molecule has 0 unspecified atom stereocenters. The van der Waals surface area contributed by atoms with Crippen LogP contribution in [-0.4, -0.2) is 29.3 Å². The van der Waals surface area contributed by atoms with Crippen LogP contribution in [0.2, 0.25) is 0 Å². The first-order chi connectivity index (χ1) is 12.6. The van der Waals surface area contributed by atoms with E-state index in [4.69, 9.17) is 9.47 Å². The molecule has 2 heterocycles. The van der Waals surface area contributed by atoms with Crippen LogP contribution in [0.3, 0.4) is 0 Å². The fraction of sp³-hybridized carbons (Fsp3) is 0.158. The molecule has 1 saturated heterocycles. The number of nitrogens with zero attached hydrogens (tertiary/aromatic N) is 2. The Bertz CT molecular complexity index is 925. The molecule has 5 nitrogen and oxygen atoms in total. The second kappa shape index (κ2) is 6.84. The highest BCUT2D eigenvalue weighted by atomic mass is 32.2. The van der Waals surface area contributed by atoms with Crippen molar-refractivity contribution in [3.05, 3.63) is 58.8 Å². The fourth-order valence-electron chi connectivity index (χ4n) is 2.65. The van der Waals surface area contributed by atoms with Gasteiger partial charge in [0.1, 0.15) is 5.82 Å². The van der Waals surface area contributed by atoms with Crippen LogP contribution < -0.4 is 9.47 Å². The first-order valence-electron chi connectivity index (χ1n) is 8.09. The Balaban J connectivity index is 1.64. The van der Waals surface area contributed by atoms with Crippen LogP contribution in [0.5, 0.6) is 11.5 Å². The highest BCUT2D eigenvalue weighted by Gasteiger charge is 2.32. The summed E-state index contributed by atoms with van der Waals surface area (Å²) in [7, 11) is 0. The van der Waals surface area contributed by atoms with Gasteiger partial charge in [-0.2, -0.15) is 0 Å². The van der Waals surface area contributed by atoms with E-state index in [1.54, 1.807) is 17.0 Å². The first-order valence-corrected chi connectivity index (χ1v) is 8.91. The molecule has 1 fully saturated rings. The molecule has 0 aromatic heterocycles. The molecule has 2 aromatic rings. The normalized spacial score (nSPS) is 19.0. The minimum atomic E-state index is -0.320. The average Bonchev–Trinajstić information content (AvgIpc) is 3.21. The van der Waals surface area contributed by atoms with Crippen molar-refractivity contribution in [1.29, 1.82) is 0 Å². The minimum absolute atomic E-state index is 0.101. The van der Waals surface area contributed by atoms with Gasteiger partial charge in [0.05, 0.1) is 10.6 Å². The monoisotopic (exact) mass is 370 g/mol. The summed E-state index contributed by atoms with van der Waals surface area (Å²) >= 11 is 1.30. The first kappa shape index (κ1) is 16.7. The molecule has 132 valence electrons. The van der Waals surface area contributed by atoms with Gasteiger partial charge in [-0.3, -0.25) is 9.69 Å². The SMILES string of the molecule is CCN1C(=O)/C(=C\c2ccc3c(c2)OCO3)SC1=Nc1ccc(F)cc1. The number of amidine groups is 1. The van der Waals surface area contributed by atoms with Crippen molar-refractivity contribution in [2.45, 2.75) is 6.92 Å². The molecule has 7 heteroatoms. The Kier molecular flexibility index (Phi) is 4.38. The summed E-state index contributed by atoms with van der Waals surface area (Å²) < 4.78 is 23.7. The van der Waals surface area contributed by atoms with Gasteiger partial charge >= 0.3 is 0 Å². The zero-order chi connectivity index (χ0) is 18.1. The number of ether oxygens (including phenoxy) is 2. The van der Waals surface area contributed by atoms with E-state index in [0.717, 1.165) is 5.56 Å². The Labute approximate surface area is 154 Å². The number of amides is 1. The van der Waals surface area contributed by atoms with E-state index in [-0.39, 0.29) is 18.5 Å².